The van der Waals surface area contributed by atoms with Crippen LogP contribution in [0.5, 0.6) is 0 Å². The number of fused-ring (bicyclic) bond motifs is 1. The molecule has 0 saturated heterocycles. The SMILES string of the molecule is Cl.NCc1ccc(-c2noc(CCC(=O)c3ccc4c(c3)CCC4)n2)cc1. The van der Waals surface area contributed by atoms with Crippen molar-refractivity contribution in [1.82, 2.24) is 10.1 Å². The first-order valence-corrected chi connectivity index (χ1v) is 9.00. The number of hydrogen-bond acceptors (Lipinski definition) is 5. The summed E-state index contributed by atoms with van der Waals surface area (Å²) in [6, 6.07) is 13.8. The number of carbonyl (C=O) groups excluding carboxylic acids is 1. The maximum absolute atomic E-state index is 12.5. The number of benzene rings is 2. The summed E-state index contributed by atoms with van der Waals surface area (Å²) >= 11 is 0. The third-order valence-corrected chi connectivity index (χ3v) is 4.90. The first kappa shape index (κ1) is 19.3. The van der Waals surface area contributed by atoms with Crippen molar-refractivity contribution in [2.75, 3.05) is 0 Å². The molecule has 2 N–H and O–H groups in total. The first-order valence-electron chi connectivity index (χ1n) is 9.00. The summed E-state index contributed by atoms with van der Waals surface area (Å²) in [4.78, 5) is 16.9. The van der Waals surface area contributed by atoms with Crippen LogP contribution in [-0.4, -0.2) is 15.9 Å². The van der Waals surface area contributed by atoms with Crippen LogP contribution in [0.4, 0.5) is 0 Å². The van der Waals surface area contributed by atoms with E-state index in [9.17, 15) is 4.79 Å². The summed E-state index contributed by atoms with van der Waals surface area (Å²) < 4.78 is 5.30. The van der Waals surface area contributed by atoms with Crippen LogP contribution in [0.2, 0.25) is 0 Å². The third kappa shape index (κ3) is 4.26. The average molecular weight is 384 g/mol. The highest BCUT2D eigenvalue weighted by Gasteiger charge is 2.15. The molecule has 1 aliphatic carbocycles. The molecule has 6 heteroatoms. The Morgan fingerprint density at radius 1 is 1.07 bits per heavy atom. The summed E-state index contributed by atoms with van der Waals surface area (Å²) in [7, 11) is 0. The fourth-order valence-electron chi connectivity index (χ4n) is 3.37. The number of aromatic nitrogens is 2. The molecule has 0 spiro atoms. The molecule has 0 aliphatic heterocycles. The number of nitrogens with two attached hydrogens (primary N) is 1. The number of ketones is 1. The molecule has 1 heterocycles. The van der Waals surface area contributed by atoms with Crippen LogP contribution in [0.1, 0.15) is 45.8 Å². The van der Waals surface area contributed by atoms with Gasteiger partial charge in [0.05, 0.1) is 0 Å². The standard InChI is InChI=1S/C21H21N3O2.ClH/c22-13-14-4-6-16(7-5-14)21-23-20(26-24-21)11-10-19(25)18-9-8-15-2-1-3-17(15)12-18;/h4-9,12H,1-3,10-11,13,22H2;1H. The Labute approximate surface area is 164 Å². The lowest BCUT2D eigenvalue weighted by Crippen LogP contribution is -2.02. The summed E-state index contributed by atoms with van der Waals surface area (Å²) in [5.41, 5.74) is 11.0. The Bertz CT molecular complexity index is 935. The second-order valence-corrected chi connectivity index (χ2v) is 6.67. The maximum atomic E-state index is 12.5. The Kier molecular flexibility index (Phi) is 6.04. The predicted molar refractivity (Wildman–Crippen MR) is 106 cm³/mol. The lowest BCUT2D eigenvalue weighted by atomic mass is 10.0. The van der Waals surface area contributed by atoms with Crippen molar-refractivity contribution in [1.29, 1.82) is 0 Å². The zero-order chi connectivity index (χ0) is 17.9. The molecule has 0 radical (unpaired) electrons. The fourth-order valence-corrected chi connectivity index (χ4v) is 3.37. The fraction of sp³-hybridized carbons (Fsp3) is 0.286. The summed E-state index contributed by atoms with van der Waals surface area (Å²) in [6.45, 7) is 0.503. The number of nitrogens with zero attached hydrogens (tertiary/aromatic N) is 2. The highest BCUT2D eigenvalue weighted by molar-refractivity contribution is 5.96. The molecular weight excluding hydrogens is 362 g/mol. The van der Waals surface area contributed by atoms with Crippen LogP contribution in [0, 0.1) is 0 Å². The van der Waals surface area contributed by atoms with Gasteiger partial charge in [0.1, 0.15) is 0 Å². The largest absolute Gasteiger partial charge is 0.339 e. The minimum Gasteiger partial charge on any atom is -0.339 e. The van der Waals surface area contributed by atoms with Crippen LogP contribution in [-0.2, 0) is 25.8 Å². The van der Waals surface area contributed by atoms with Gasteiger partial charge in [-0.15, -0.1) is 12.4 Å². The molecule has 0 bridgehead atoms. The monoisotopic (exact) mass is 383 g/mol. The molecule has 27 heavy (non-hydrogen) atoms. The van der Waals surface area contributed by atoms with Crippen LogP contribution in [0.25, 0.3) is 11.4 Å². The molecule has 1 aliphatic rings. The molecule has 5 nitrogen and oxygen atoms in total. The number of hydrogen-bond donors (Lipinski definition) is 1. The number of halogens is 1. The summed E-state index contributed by atoms with van der Waals surface area (Å²) in [5, 5.41) is 4.01. The van der Waals surface area contributed by atoms with Crippen LogP contribution in [0.3, 0.4) is 0 Å². The molecule has 2 aromatic carbocycles. The van der Waals surface area contributed by atoms with Gasteiger partial charge in [0, 0.05) is 30.5 Å². The van der Waals surface area contributed by atoms with Crippen molar-refractivity contribution >= 4 is 18.2 Å². The van der Waals surface area contributed by atoms with Crippen molar-refractivity contribution in [3.8, 4) is 11.4 Å². The van der Waals surface area contributed by atoms with Crippen molar-refractivity contribution < 1.29 is 9.32 Å². The highest BCUT2D eigenvalue weighted by Crippen LogP contribution is 2.24. The number of carbonyl (C=O) groups is 1. The minimum absolute atomic E-state index is 0. The Morgan fingerprint density at radius 2 is 1.85 bits per heavy atom. The second-order valence-electron chi connectivity index (χ2n) is 6.67. The molecule has 0 saturated carbocycles. The molecular formula is C21H22ClN3O2. The van der Waals surface area contributed by atoms with Crippen molar-refractivity contribution in [2.45, 2.75) is 38.6 Å². The normalized spacial score (nSPS) is 12.5. The Morgan fingerprint density at radius 3 is 2.63 bits per heavy atom. The van der Waals surface area contributed by atoms with E-state index in [-0.39, 0.29) is 18.2 Å². The zero-order valence-corrected chi connectivity index (χ0v) is 15.8. The molecule has 0 unspecified atom stereocenters. The zero-order valence-electron chi connectivity index (χ0n) is 15.0. The topological polar surface area (TPSA) is 82.0 Å². The average Bonchev–Trinajstić information content (AvgIpc) is 3.35. The van der Waals surface area contributed by atoms with E-state index in [0.29, 0.717) is 31.1 Å². The number of rotatable bonds is 6. The van der Waals surface area contributed by atoms with E-state index in [1.807, 2.05) is 36.4 Å². The van der Waals surface area contributed by atoms with Crippen LogP contribution in [0.15, 0.2) is 47.0 Å². The molecule has 0 amide bonds. The quantitative estimate of drug-likeness (QED) is 0.652. The molecule has 0 fully saturated rings. The van der Waals surface area contributed by atoms with Crippen LogP contribution >= 0.6 is 12.4 Å². The molecule has 3 aromatic rings. The van der Waals surface area contributed by atoms with Gasteiger partial charge in [-0.3, -0.25) is 4.79 Å². The smallest absolute Gasteiger partial charge is 0.227 e. The Balaban J connectivity index is 0.00000210. The summed E-state index contributed by atoms with van der Waals surface area (Å²) in [6.07, 6.45) is 4.20. The van der Waals surface area contributed by atoms with Gasteiger partial charge in [-0.2, -0.15) is 4.98 Å². The van der Waals surface area contributed by atoms with Gasteiger partial charge in [0.2, 0.25) is 11.7 Å². The van der Waals surface area contributed by atoms with Crippen molar-refractivity contribution in [3.63, 3.8) is 0 Å². The third-order valence-electron chi connectivity index (χ3n) is 4.90. The summed E-state index contributed by atoms with van der Waals surface area (Å²) in [5.74, 6) is 1.14. The van der Waals surface area contributed by atoms with Gasteiger partial charge in [-0.05, 0) is 42.0 Å². The van der Waals surface area contributed by atoms with E-state index in [1.165, 1.54) is 17.5 Å². The van der Waals surface area contributed by atoms with Gasteiger partial charge in [0.15, 0.2) is 5.78 Å². The Hall–Kier alpha value is -2.50. The molecule has 4 rings (SSSR count). The maximum Gasteiger partial charge on any atom is 0.227 e. The predicted octanol–water partition coefficient (Wildman–Crippen LogP) is 3.92. The van der Waals surface area contributed by atoms with E-state index >= 15 is 0 Å². The van der Waals surface area contributed by atoms with E-state index in [2.05, 4.69) is 16.2 Å². The number of aryl methyl sites for hydroxylation is 3. The lowest BCUT2D eigenvalue weighted by Gasteiger charge is -2.03. The minimum atomic E-state index is 0. The molecule has 1 aromatic heterocycles. The molecule has 140 valence electrons. The highest BCUT2D eigenvalue weighted by atomic mass is 35.5. The van der Waals surface area contributed by atoms with Gasteiger partial charge in [-0.1, -0.05) is 41.6 Å². The van der Waals surface area contributed by atoms with Crippen molar-refractivity contribution in [3.05, 3.63) is 70.6 Å². The number of Topliss-reactive ketones (excluding diaryl/α,β-unsaturated/α-hetero) is 1. The van der Waals surface area contributed by atoms with E-state index in [4.69, 9.17) is 10.3 Å². The van der Waals surface area contributed by atoms with Gasteiger partial charge < -0.3 is 10.3 Å². The van der Waals surface area contributed by atoms with E-state index in [0.717, 1.165) is 29.5 Å². The first-order chi connectivity index (χ1) is 12.7. The van der Waals surface area contributed by atoms with Gasteiger partial charge in [-0.25, -0.2) is 0 Å². The van der Waals surface area contributed by atoms with E-state index in [1.54, 1.807) is 0 Å². The second kappa shape index (κ2) is 8.46. The van der Waals surface area contributed by atoms with Gasteiger partial charge >= 0.3 is 0 Å². The van der Waals surface area contributed by atoms with Crippen LogP contribution < -0.4 is 5.73 Å². The lowest BCUT2D eigenvalue weighted by molar-refractivity contribution is 0.0979. The van der Waals surface area contributed by atoms with Crippen molar-refractivity contribution in [2.24, 2.45) is 5.73 Å². The van der Waals surface area contributed by atoms with E-state index < -0.39 is 0 Å². The molecule has 0 atom stereocenters. The van der Waals surface area contributed by atoms with Gasteiger partial charge in [0.25, 0.3) is 0 Å².